The van der Waals surface area contributed by atoms with E-state index in [9.17, 15) is 9.59 Å². The van der Waals surface area contributed by atoms with E-state index in [1.807, 2.05) is 13.8 Å². The molecule has 1 saturated carbocycles. The average Bonchev–Trinajstić information content (AvgIpc) is 2.24. The minimum absolute atomic E-state index is 0.0213. The van der Waals surface area contributed by atoms with Crippen LogP contribution in [0.4, 0.5) is 0 Å². The van der Waals surface area contributed by atoms with Crippen molar-refractivity contribution in [1.82, 2.24) is 10.2 Å². The van der Waals surface area contributed by atoms with Crippen molar-refractivity contribution < 1.29 is 14.7 Å². The minimum Gasteiger partial charge on any atom is -0.481 e. The Labute approximate surface area is 120 Å². The number of nitrogens with zero attached hydrogens (tertiary/aromatic N) is 1. The molecule has 2 fully saturated rings. The maximum Gasteiger partial charge on any atom is 0.303 e. The number of carbonyl (C=O) groups is 2. The lowest BCUT2D eigenvalue weighted by atomic mass is 9.85. The Morgan fingerprint density at radius 2 is 2.00 bits per heavy atom. The Morgan fingerprint density at radius 3 is 2.50 bits per heavy atom. The maximum atomic E-state index is 11.9. The number of hydrogen-bond donors (Lipinski definition) is 2. The molecule has 1 aliphatic heterocycles. The third-order valence-electron chi connectivity index (χ3n) is 4.49. The van der Waals surface area contributed by atoms with Gasteiger partial charge < -0.3 is 10.4 Å². The summed E-state index contributed by atoms with van der Waals surface area (Å²) >= 11 is 0. The summed E-state index contributed by atoms with van der Waals surface area (Å²) in [5.74, 6) is -0.537. The van der Waals surface area contributed by atoms with Gasteiger partial charge in [-0.1, -0.05) is 20.3 Å². The van der Waals surface area contributed by atoms with Gasteiger partial charge in [-0.25, -0.2) is 0 Å². The maximum absolute atomic E-state index is 11.9. The number of piperidine rings is 1. The van der Waals surface area contributed by atoms with Gasteiger partial charge in [0.1, 0.15) is 0 Å². The van der Waals surface area contributed by atoms with Crippen molar-refractivity contribution in [3.8, 4) is 0 Å². The normalized spacial score (nSPS) is 28.1. The Balaban J connectivity index is 1.95. The first-order valence-electron chi connectivity index (χ1n) is 7.72. The Kier molecular flexibility index (Phi) is 5.02. The second kappa shape index (κ2) is 6.57. The topological polar surface area (TPSA) is 69.6 Å². The van der Waals surface area contributed by atoms with Crippen molar-refractivity contribution in [2.45, 2.75) is 58.0 Å². The summed E-state index contributed by atoms with van der Waals surface area (Å²) in [7, 11) is 0. The van der Waals surface area contributed by atoms with E-state index in [0.29, 0.717) is 6.04 Å². The van der Waals surface area contributed by atoms with Gasteiger partial charge in [0.15, 0.2) is 0 Å². The molecule has 0 aromatic heterocycles. The molecule has 0 radical (unpaired) electrons. The lowest BCUT2D eigenvalue weighted by Gasteiger charge is -2.45. The van der Waals surface area contributed by atoms with E-state index in [2.05, 4.69) is 10.2 Å². The van der Waals surface area contributed by atoms with Gasteiger partial charge >= 0.3 is 5.97 Å². The number of carbonyl (C=O) groups excluding carboxylic acids is 1. The highest BCUT2D eigenvalue weighted by atomic mass is 16.4. The predicted octanol–water partition coefficient (Wildman–Crippen LogP) is 1.48. The fourth-order valence-corrected chi connectivity index (χ4v) is 3.16. The molecular weight excluding hydrogens is 256 g/mol. The third-order valence-corrected chi connectivity index (χ3v) is 4.49. The number of likely N-dealkylation sites (tertiary alicyclic amines) is 1. The molecule has 114 valence electrons. The Morgan fingerprint density at radius 1 is 1.30 bits per heavy atom. The number of hydrogen-bond acceptors (Lipinski definition) is 3. The number of nitrogens with one attached hydrogen (secondary N) is 1. The van der Waals surface area contributed by atoms with E-state index in [0.717, 1.165) is 19.5 Å². The molecule has 0 spiro atoms. The SMILES string of the molecule is CC(C)C(=O)NC1CC(CC(=O)O)CN(C2CCC2)C1. The summed E-state index contributed by atoms with van der Waals surface area (Å²) in [4.78, 5) is 25.2. The lowest BCUT2D eigenvalue weighted by Crippen LogP contribution is -2.55. The largest absolute Gasteiger partial charge is 0.481 e. The molecule has 5 heteroatoms. The summed E-state index contributed by atoms with van der Waals surface area (Å²) in [5, 5.41) is 12.1. The smallest absolute Gasteiger partial charge is 0.303 e. The fraction of sp³-hybridized carbons (Fsp3) is 0.867. The third kappa shape index (κ3) is 3.95. The van der Waals surface area contributed by atoms with Gasteiger partial charge in [-0.15, -0.1) is 0 Å². The summed E-state index contributed by atoms with van der Waals surface area (Å²) < 4.78 is 0. The van der Waals surface area contributed by atoms with E-state index < -0.39 is 5.97 Å². The quantitative estimate of drug-likeness (QED) is 0.801. The van der Waals surface area contributed by atoms with Gasteiger partial charge in [0.2, 0.25) is 5.91 Å². The van der Waals surface area contributed by atoms with Gasteiger partial charge in [-0.2, -0.15) is 0 Å². The lowest BCUT2D eigenvalue weighted by molar-refractivity contribution is -0.138. The minimum atomic E-state index is -0.737. The highest BCUT2D eigenvalue weighted by Crippen LogP contribution is 2.30. The predicted molar refractivity (Wildman–Crippen MR) is 76.3 cm³/mol. The average molecular weight is 282 g/mol. The van der Waals surface area contributed by atoms with Gasteiger partial charge in [-0.3, -0.25) is 14.5 Å². The first-order chi connectivity index (χ1) is 9.45. The van der Waals surface area contributed by atoms with E-state index in [1.54, 1.807) is 0 Å². The van der Waals surface area contributed by atoms with Crippen LogP contribution in [0.3, 0.4) is 0 Å². The number of rotatable bonds is 5. The van der Waals surface area contributed by atoms with E-state index in [1.165, 1.54) is 19.3 Å². The first-order valence-corrected chi connectivity index (χ1v) is 7.72. The van der Waals surface area contributed by atoms with Crippen LogP contribution in [0.2, 0.25) is 0 Å². The molecule has 0 aromatic carbocycles. The highest BCUT2D eigenvalue weighted by Gasteiger charge is 2.35. The van der Waals surface area contributed by atoms with Crippen LogP contribution < -0.4 is 5.32 Å². The molecule has 1 saturated heterocycles. The molecule has 2 N–H and O–H groups in total. The molecule has 2 rings (SSSR count). The number of amides is 1. The van der Waals surface area contributed by atoms with Crippen molar-refractivity contribution in [3.63, 3.8) is 0 Å². The van der Waals surface area contributed by atoms with Gasteiger partial charge in [0.05, 0.1) is 0 Å². The molecule has 1 amide bonds. The van der Waals surface area contributed by atoms with Crippen LogP contribution in [0.1, 0.15) is 46.0 Å². The Bertz CT molecular complexity index is 366. The molecule has 0 bridgehead atoms. The number of carboxylic acids is 1. The number of aliphatic carboxylic acids is 1. The monoisotopic (exact) mass is 282 g/mol. The molecule has 0 aromatic rings. The van der Waals surface area contributed by atoms with Crippen molar-refractivity contribution >= 4 is 11.9 Å². The summed E-state index contributed by atoms with van der Waals surface area (Å²) in [6.45, 7) is 5.51. The molecule has 1 heterocycles. The summed E-state index contributed by atoms with van der Waals surface area (Å²) in [5.41, 5.74) is 0. The number of carboxylic acid groups (broad SMARTS) is 1. The first kappa shape index (κ1) is 15.3. The zero-order chi connectivity index (χ0) is 14.7. The van der Waals surface area contributed by atoms with Gasteiger partial charge in [-0.05, 0) is 25.2 Å². The van der Waals surface area contributed by atoms with Crippen LogP contribution in [0.15, 0.2) is 0 Å². The van der Waals surface area contributed by atoms with Crippen molar-refractivity contribution in [2.75, 3.05) is 13.1 Å². The zero-order valence-electron chi connectivity index (χ0n) is 12.5. The molecule has 2 aliphatic rings. The van der Waals surface area contributed by atoms with Crippen LogP contribution in [0.25, 0.3) is 0 Å². The summed E-state index contributed by atoms with van der Waals surface area (Å²) in [6, 6.07) is 0.702. The molecule has 2 atom stereocenters. The molecular formula is C15H26N2O3. The molecule has 5 nitrogen and oxygen atoms in total. The van der Waals surface area contributed by atoms with Crippen molar-refractivity contribution in [1.29, 1.82) is 0 Å². The molecule has 2 unspecified atom stereocenters. The van der Waals surface area contributed by atoms with Crippen LogP contribution in [0.5, 0.6) is 0 Å². The Hall–Kier alpha value is -1.10. The molecule has 20 heavy (non-hydrogen) atoms. The standard InChI is InChI=1S/C15H26N2O3/c1-10(2)15(20)16-12-6-11(7-14(18)19)8-17(9-12)13-4-3-5-13/h10-13H,3-9H2,1-2H3,(H,16,20)(H,18,19). The van der Waals surface area contributed by atoms with Crippen LogP contribution in [-0.4, -0.2) is 47.1 Å². The fourth-order valence-electron chi connectivity index (χ4n) is 3.16. The van der Waals surface area contributed by atoms with Gasteiger partial charge in [0.25, 0.3) is 0 Å². The van der Waals surface area contributed by atoms with Crippen LogP contribution in [-0.2, 0) is 9.59 Å². The molecule has 1 aliphatic carbocycles. The van der Waals surface area contributed by atoms with Crippen molar-refractivity contribution in [2.24, 2.45) is 11.8 Å². The highest BCUT2D eigenvalue weighted by molar-refractivity contribution is 5.78. The second-order valence-corrected chi connectivity index (χ2v) is 6.60. The van der Waals surface area contributed by atoms with Crippen LogP contribution in [0, 0.1) is 11.8 Å². The van der Waals surface area contributed by atoms with Gasteiger partial charge in [0, 0.05) is 37.5 Å². The van der Waals surface area contributed by atoms with Crippen LogP contribution >= 0.6 is 0 Å². The zero-order valence-corrected chi connectivity index (χ0v) is 12.5. The van der Waals surface area contributed by atoms with E-state index in [-0.39, 0.29) is 30.2 Å². The van der Waals surface area contributed by atoms with Crippen molar-refractivity contribution in [3.05, 3.63) is 0 Å². The second-order valence-electron chi connectivity index (χ2n) is 6.60. The van der Waals surface area contributed by atoms with E-state index >= 15 is 0 Å². The van der Waals surface area contributed by atoms with E-state index in [4.69, 9.17) is 5.11 Å². The summed E-state index contributed by atoms with van der Waals surface area (Å²) in [6.07, 6.45) is 4.69.